The van der Waals surface area contributed by atoms with Crippen LogP contribution < -0.4 is 5.32 Å². The first-order valence-electron chi connectivity index (χ1n) is 6.46. The van der Waals surface area contributed by atoms with Gasteiger partial charge in [0, 0.05) is 18.4 Å². The van der Waals surface area contributed by atoms with E-state index in [0.717, 1.165) is 50.9 Å². The van der Waals surface area contributed by atoms with Crippen LogP contribution in [0.25, 0.3) is 0 Å². The lowest BCUT2D eigenvalue weighted by atomic mass is 9.89. The summed E-state index contributed by atoms with van der Waals surface area (Å²) in [6, 6.07) is 0. The van der Waals surface area contributed by atoms with Crippen molar-refractivity contribution < 1.29 is 9.26 Å². The van der Waals surface area contributed by atoms with Crippen LogP contribution in [0.3, 0.4) is 0 Å². The van der Waals surface area contributed by atoms with Crippen molar-refractivity contribution in [2.45, 2.75) is 31.6 Å². The van der Waals surface area contributed by atoms with Crippen LogP contribution in [0.2, 0.25) is 0 Å². The van der Waals surface area contributed by atoms with E-state index in [1.807, 2.05) is 0 Å². The SMILES string of the molecule is CC(c1nc(C2CCCOC2)no1)C1CNC1. The second-order valence-electron chi connectivity index (χ2n) is 5.11. The Bertz CT molecular complexity index is 353. The van der Waals surface area contributed by atoms with Crippen LogP contribution in [0, 0.1) is 5.92 Å². The maximum absolute atomic E-state index is 5.45. The minimum absolute atomic E-state index is 0.327. The normalized spacial score (nSPS) is 27.7. The van der Waals surface area contributed by atoms with Crippen molar-refractivity contribution >= 4 is 0 Å². The molecule has 2 atom stereocenters. The van der Waals surface area contributed by atoms with Crippen LogP contribution in [0.5, 0.6) is 0 Å². The molecule has 1 N–H and O–H groups in total. The fourth-order valence-electron chi connectivity index (χ4n) is 2.41. The molecular formula is C12H19N3O2. The fraction of sp³-hybridized carbons (Fsp3) is 0.833. The molecule has 0 amide bonds. The number of rotatable bonds is 3. The largest absolute Gasteiger partial charge is 0.381 e. The lowest BCUT2D eigenvalue weighted by Crippen LogP contribution is -2.44. The van der Waals surface area contributed by atoms with Gasteiger partial charge in [-0.2, -0.15) is 4.98 Å². The van der Waals surface area contributed by atoms with Crippen molar-refractivity contribution in [3.8, 4) is 0 Å². The summed E-state index contributed by atoms with van der Waals surface area (Å²) in [4.78, 5) is 4.55. The molecule has 0 radical (unpaired) electrons. The maximum atomic E-state index is 5.45. The molecule has 0 bridgehead atoms. The van der Waals surface area contributed by atoms with Crippen molar-refractivity contribution in [1.82, 2.24) is 15.5 Å². The molecule has 5 heteroatoms. The van der Waals surface area contributed by atoms with Gasteiger partial charge in [-0.3, -0.25) is 0 Å². The van der Waals surface area contributed by atoms with Gasteiger partial charge in [-0.1, -0.05) is 12.1 Å². The molecule has 0 aliphatic carbocycles. The Morgan fingerprint density at radius 2 is 2.29 bits per heavy atom. The molecule has 2 aliphatic rings. The Hall–Kier alpha value is -0.940. The van der Waals surface area contributed by atoms with Gasteiger partial charge in [0.25, 0.3) is 0 Å². The molecule has 0 saturated carbocycles. The summed E-state index contributed by atoms with van der Waals surface area (Å²) in [6.07, 6.45) is 2.20. The summed E-state index contributed by atoms with van der Waals surface area (Å²) < 4.78 is 10.8. The first-order chi connectivity index (χ1) is 8.34. The maximum Gasteiger partial charge on any atom is 0.229 e. The molecule has 3 rings (SSSR count). The molecule has 2 fully saturated rings. The van der Waals surface area contributed by atoms with Crippen LogP contribution in [-0.2, 0) is 4.74 Å². The summed E-state index contributed by atoms with van der Waals surface area (Å²) in [5, 5.41) is 7.39. The number of ether oxygens (including phenoxy) is 1. The average Bonchev–Trinajstić information content (AvgIpc) is 2.77. The molecule has 3 heterocycles. The van der Waals surface area contributed by atoms with Crippen molar-refractivity contribution in [3.05, 3.63) is 11.7 Å². The highest BCUT2D eigenvalue weighted by Crippen LogP contribution is 2.28. The van der Waals surface area contributed by atoms with E-state index >= 15 is 0 Å². The van der Waals surface area contributed by atoms with E-state index in [9.17, 15) is 0 Å². The number of aromatic nitrogens is 2. The third kappa shape index (κ3) is 2.21. The molecule has 1 aromatic rings. The van der Waals surface area contributed by atoms with Gasteiger partial charge in [0.15, 0.2) is 5.82 Å². The second-order valence-corrected chi connectivity index (χ2v) is 5.11. The quantitative estimate of drug-likeness (QED) is 0.858. The standard InChI is InChI=1S/C12H19N3O2/c1-8(10-5-13-6-10)12-14-11(15-17-12)9-3-2-4-16-7-9/h8-10,13H,2-7H2,1H3. The van der Waals surface area contributed by atoms with Gasteiger partial charge >= 0.3 is 0 Å². The van der Waals surface area contributed by atoms with E-state index in [4.69, 9.17) is 9.26 Å². The van der Waals surface area contributed by atoms with Gasteiger partial charge in [0.2, 0.25) is 5.89 Å². The van der Waals surface area contributed by atoms with E-state index in [1.54, 1.807) is 0 Å². The molecule has 0 spiro atoms. The molecule has 0 aromatic carbocycles. The predicted molar refractivity (Wildman–Crippen MR) is 61.9 cm³/mol. The van der Waals surface area contributed by atoms with E-state index in [1.165, 1.54) is 0 Å². The van der Waals surface area contributed by atoms with Crippen LogP contribution in [0.4, 0.5) is 0 Å². The van der Waals surface area contributed by atoms with Gasteiger partial charge in [-0.25, -0.2) is 0 Å². The Balaban J connectivity index is 1.68. The number of hydrogen-bond donors (Lipinski definition) is 1. The van der Waals surface area contributed by atoms with E-state index in [2.05, 4.69) is 22.4 Å². The highest BCUT2D eigenvalue weighted by atomic mass is 16.5. The van der Waals surface area contributed by atoms with Gasteiger partial charge in [0.05, 0.1) is 6.61 Å². The lowest BCUT2D eigenvalue weighted by molar-refractivity contribution is 0.0773. The van der Waals surface area contributed by atoms with Crippen LogP contribution in [0.1, 0.15) is 43.3 Å². The molecule has 1 aromatic heterocycles. The topological polar surface area (TPSA) is 60.2 Å². The smallest absolute Gasteiger partial charge is 0.229 e. The summed E-state index contributed by atoms with van der Waals surface area (Å²) in [6.45, 7) is 5.89. The van der Waals surface area contributed by atoms with Crippen LogP contribution in [0.15, 0.2) is 4.52 Å². The van der Waals surface area contributed by atoms with Crippen molar-refractivity contribution in [2.24, 2.45) is 5.92 Å². The molecule has 2 aliphatic heterocycles. The fourth-order valence-corrected chi connectivity index (χ4v) is 2.41. The zero-order valence-corrected chi connectivity index (χ0v) is 10.2. The molecule has 5 nitrogen and oxygen atoms in total. The van der Waals surface area contributed by atoms with E-state index in [-0.39, 0.29) is 0 Å². The summed E-state index contributed by atoms with van der Waals surface area (Å²) >= 11 is 0. The monoisotopic (exact) mass is 237 g/mol. The zero-order chi connectivity index (χ0) is 11.7. The third-order valence-corrected chi connectivity index (χ3v) is 3.89. The van der Waals surface area contributed by atoms with Crippen molar-refractivity contribution in [1.29, 1.82) is 0 Å². The van der Waals surface area contributed by atoms with Crippen molar-refractivity contribution in [2.75, 3.05) is 26.3 Å². The van der Waals surface area contributed by atoms with Gasteiger partial charge < -0.3 is 14.6 Å². The molecule has 2 unspecified atom stereocenters. The summed E-state index contributed by atoms with van der Waals surface area (Å²) in [5.74, 6) is 2.96. The van der Waals surface area contributed by atoms with Gasteiger partial charge in [0.1, 0.15) is 0 Å². The first-order valence-corrected chi connectivity index (χ1v) is 6.46. The highest BCUT2D eigenvalue weighted by Gasteiger charge is 2.30. The average molecular weight is 237 g/mol. The van der Waals surface area contributed by atoms with Gasteiger partial charge in [-0.15, -0.1) is 0 Å². The van der Waals surface area contributed by atoms with Crippen LogP contribution in [-0.4, -0.2) is 36.4 Å². The molecule has 94 valence electrons. The first kappa shape index (κ1) is 11.2. The summed E-state index contributed by atoms with van der Waals surface area (Å²) in [5.41, 5.74) is 0. The summed E-state index contributed by atoms with van der Waals surface area (Å²) in [7, 11) is 0. The highest BCUT2D eigenvalue weighted by molar-refractivity contribution is 5.02. The number of nitrogens with one attached hydrogen (secondary N) is 1. The third-order valence-electron chi connectivity index (χ3n) is 3.89. The van der Waals surface area contributed by atoms with E-state index in [0.29, 0.717) is 17.8 Å². The van der Waals surface area contributed by atoms with Crippen LogP contribution >= 0.6 is 0 Å². The minimum Gasteiger partial charge on any atom is -0.381 e. The molecule has 17 heavy (non-hydrogen) atoms. The predicted octanol–water partition coefficient (Wildman–Crippen LogP) is 1.29. The number of nitrogens with zero attached hydrogens (tertiary/aromatic N) is 2. The lowest BCUT2D eigenvalue weighted by Gasteiger charge is -2.30. The Labute approximate surface area is 101 Å². The van der Waals surface area contributed by atoms with E-state index < -0.39 is 0 Å². The number of hydrogen-bond acceptors (Lipinski definition) is 5. The van der Waals surface area contributed by atoms with Gasteiger partial charge in [-0.05, 0) is 31.8 Å². The minimum atomic E-state index is 0.327. The second kappa shape index (κ2) is 4.74. The Kier molecular flexibility index (Phi) is 3.11. The zero-order valence-electron chi connectivity index (χ0n) is 10.2. The Morgan fingerprint density at radius 1 is 1.41 bits per heavy atom. The van der Waals surface area contributed by atoms with Crippen molar-refractivity contribution in [3.63, 3.8) is 0 Å². The Morgan fingerprint density at radius 3 is 2.94 bits per heavy atom. The molecule has 2 saturated heterocycles. The molecular weight excluding hydrogens is 218 g/mol.